The molecule has 176 valence electrons. The minimum atomic E-state index is -0.932. The largest absolute Gasteiger partial charge is 0.493 e. The molecule has 3 rings (SSSR count). The summed E-state index contributed by atoms with van der Waals surface area (Å²) in [6, 6.07) is 15.6. The van der Waals surface area contributed by atoms with Gasteiger partial charge in [0.15, 0.2) is 18.1 Å². The third kappa shape index (κ3) is 7.20. The molecule has 1 heterocycles. The van der Waals surface area contributed by atoms with Gasteiger partial charge in [-0.05, 0) is 57.9 Å². The number of rotatable bonds is 9. The number of nitrogens with zero attached hydrogens (tertiary/aromatic N) is 1. The maximum absolute atomic E-state index is 12.1. The molecule has 0 fully saturated rings. The summed E-state index contributed by atoms with van der Waals surface area (Å²) >= 11 is 3.38. The van der Waals surface area contributed by atoms with Crippen molar-refractivity contribution in [1.82, 2.24) is 10.7 Å². The highest BCUT2D eigenvalue weighted by atomic mass is 79.9. The lowest BCUT2D eigenvalue weighted by Crippen LogP contribution is -2.37. The highest BCUT2D eigenvalue weighted by molar-refractivity contribution is 9.10. The standard InChI is InChI=1S/C23H21BrN4O6/c1-32-19-11-15(12-26-28-23(31)22(30)25-13-17-8-5-9-33-17)10-18(24)21(19)34-14-20(29)27-16-6-3-2-4-7-16/h2-12H,13-14H2,1H3,(H,25,30)(H,27,29)(H,28,31)/b26-12-. The number of ether oxygens (including phenoxy) is 2. The van der Waals surface area contributed by atoms with E-state index >= 15 is 0 Å². The van der Waals surface area contributed by atoms with Gasteiger partial charge in [-0.1, -0.05) is 18.2 Å². The van der Waals surface area contributed by atoms with Gasteiger partial charge in [-0.2, -0.15) is 5.10 Å². The van der Waals surface area contributed by atoms with Gasteiger partial charge in [0, 0.05) is 5.69 Å². The summed E-state index contributed by atoms with van der Waals surface area (Å²) < 4.78 is 16.5. The predicted octanol–water partition coefficient (Wildman–Crippen LogP) is 2.83. The van der Waals surface area contributed by atoms with Crippen molar-refractivity contribution in [3.8, 4) is 11.5 Å². The monoisotopic (exact) mass is 528 g/mol. The Hall–Kier alpha value is -4.12. The van der Waals surface area contributed by atoms with Gasteiger partial charge in [0.25, 0.3) is 5.91 Å². The average Bonchev–Trinajstić information content (AvgIpc) is 3.35. The van der Waals surface area contributed by atoms with Gasteiger partial charge in [-0.3, -0.25) is 14.4 Å². The zero-order valence-corrected chi connectivity index (χ0v) is 19.6. The average molecular weight is 529 g/mol. The summed E-state index contributed by atoms with van der Waals surface area (Å²) in [5.41, 5.74) is 3.34. The third-order valence-electron chi connectivity index (χ3n) is 4.25. The summed E-state index contributed by atoms with van der Waals surface area (Å²) in [6.07, 6.45) is 2.80. The summed E-state index contributed by atoms with van der Waals surface area (Å²) in [5.74, 6) is -0.946. The molecule has 0 aliphatic carbocycles. The number of hydrogen-bond acceptors (Lipinski definition) is 7. The number of halogens is 1. The second-order valence-electron chi connectivity index (χ2n) is 6.70. The van der Waals surface area contributed by atoms with Crippen molar-refractivity contribution < 1.29 is 28.3 Å². The molecule has 0 radical (unpaired) electrons. The minimum Gasteiger partial charge on any atom is -0.493 e. The van der Waals surface area contributed by atoms with Crippen LogP contribution in [0.15, 0.2) is 74.9 Å². The number of furan rings is 1. The first-order valence-corrected chi connectivity index (χ1v) is 10.7. The molecule has 0 saturated heterocycles. The topological polar surface area (TPSA) is 131 Å². The predicted molar refractivity (Wildman–Crippen MR) is 128 cm³/mol. The number of methoxy groups -OCH3 is 1. The number of anilines is 1. The van der Waals surface area contributed by atoms with Gasteiger partial charge in [-0.25, -0.2) is 5.43 Å². The molecule has 0 saturated carbocycles. The van der Waals surface area contributed by atoms with E-state index in [0.29, 0.717) is 33.0 Å². The van der Waals surface area contributed by atoms with Crippen LogP contribution in [0, 0.1) is 0 Å². The fourth-order valence-electron chi connectivity index (χ4n) is 2.69. The molecule has 3 aromatic rings. The first-order chi connectivity index (χ1) is 16.5. The molecule has 3 N–H and O–H groups in total. The quantitative estimate of drug-likeness (QED) is 0.222. The van der Waals surface area contributed by atoms with Crippen LogP contribution < -0.4 is 25.5 Å². The molecule has 34 heavy (non-hydrogen) atoms. The Bertz CT molecular complexity index is 1170. The SMILES string of the molecule is COc1cc(/C=N\NC(=O)C(=O)NCc2ccco2)cc(Br)c1OCC(=O)Nc1ccccc1. The van der Waals surface area contributed by atoms with Crippen LogP contribution in [-0.2, 0) is 20.9 Å². The van der Waals surface area contributed by atoms with E-state index in [0.717, 1.165) is 0 Å². The minimum absolute atomic E-state index is 0.0813. The molecule has 0 aliphatic rings. The molecule has 10 nitrogen and oxygen atoms in total. The van der Waals surface area contributed by atoms with Crippen LogP contribution in [-0.4, -0.2) is 37.7 Å². The van der Waals surface area contributed by atoms with Gasteiger partial charge in [0.1, 0.15) is 5.76 Å². The third-order valence-corrected chi connectivity index (χ3v) is 4.84. The normalized spacial score (nSPS) is 10.5. The molecule has 0 unspecified atom stereocenters. The van der Waals surface area contributed by atoms with Crippen LogP contribution in [0.4, 0.5) is 5.69 Å². The van der Waals surface area contributed by atoms with E-state index in [9.17, 15) is 14.4 Å². The van der Waals surface area contributed by atoms with Crippen molar-refractivity contribution in [3.05, 3.63) is 76.7 Å². The molecule has 3 amide bonds. The lowest BCUT2D eigenvalue weighted by Gasteiger charge is -2.13. The van der Waals surface area contributed by atoms with Gasteiger partial charge in [-0.15, -0.1) is 0 Å². The van der Waals surface area contributed by atoms with E-state index in [1.165, 1.54) is 19.6 Å². The van der Waals surface area contributed by atoms with E-state index in [-0.39, 0.29) is 19.1 Å². The van der Waals surface area contributed by atoms with Gasteiger partial charge in [0.05, 0.1) is 30.6 Å². The van der Waals surface area contributed by atoms with Crippen molar-refractivity contribution in [1.29, 1.82) is 0 Å². The molecule has 1 aromatic heterocycles. The number of carbonyl (C=O) groups is 3. The van der Waals surface area contributed by atoms with Gasteiger partial charge >= 0.3 is 11.8 Å². The van der Waals surface area contributed by atoms with Crippen LogP contribution >= 0.6 is 15.9 Å². The summed E-state index contributed by atoms with van der Waals surface area (Å²) in [5, 5.41) is 8.92. The summed E-state index contributed by atoms with van der Waals surface area (Å²) in [4.78, 5) is 35.8. The van der Waals surface area contributed by atoms with Crippen LogP contribution in [0.5, 0.6) is 11.5 Å². The zero-order valence-electron chi connectivity index (χ0n) is 18.0. The van der Waals surface area contributed by atoms with E-state index in [1.54, 1.807) is 36.4 Å². The van der Waals surface area contributed by atoms with E-state index in [2.05, 4.69) is 37.1 Å². The number of para-hydroxylation sites is 1. The molecule has 0 atom stereocenters. The molecular weight excluding hydrogens is 508 g/mol. The van der Waals surface area contributed by atoms with Crippen molar-refractivity contribution in [2.75, 3.05) is 19.0 Å². The Morgan fingerprint density at radius 3 is 2.59 bits per heavy atom. The van der Waals surface area contributed by atoms with Crippen LogP contribution in [0.3, 0.4) is 0 Å². The Balaban J connectivity index is 1.54. The van der Waals surface area contributed by atoms with Gasteiger partial charge < -0.3 is 24.5 Å². The highest BCUT2D eigenvalue weighted by Crippen LogP contribution is 2.36. The molecule has 0 spiro atoms. The van der Waals surface area contributed by atoms with Crippen LogP contribution in [0.1, 0.15) is 11.3 Å². The zero-order chi connectivity index (χ0) is 24.3. The van der Waals surface area contributed by atoms with Crippen molar-refractivity contribution in [2.24, 2.45) is 5.10 Å². The van der Waals surface area contributed by atoms with Crippen molar-refractivity contribution in [3.63, 3.8) is 0 Å². The Morgan fingerprint density at radius 1 is 1.09 bits per heavy atom. The maximum atomic E-state index is 12.1. The Morgan fingerprint density at radius 2 is 1.88 bits per heavy atom. The first-order valence-electron chi connectivity index (χ1n) is 9.95. The first kappa shape index (κ1) is 24.5. The smallest absolute Gasteiger partial charge is 0.329 e. The van der Waals surface area contributed by atoms with Crippen LogP contribution in [0.25, 0.3) is 0 Å². The second kappa shape index (κ2) is 12.2. The molecule has 2 aromatic carbocycles. The van der Waals surface area contributed by atoms with Crippen LogP contribution in [0.2, 0.25) is 0 Å². The Kier molecular flexibility index (Phi) is 8.81. The van der Waals surface area contributed by atoms with Crippen molar-refractivity contribution in [2.45, 2.75) is 6.54 Å². The number of carbonyl (C=O) groups excluding carboxylic acids is 3. The summed E-state index contributed by atoms with van der Waals surface area (Å²) in [6.45, 7) is -0.154. The number of amides is 3. The number of hydrogen-bond donors (Lipinski definition) is 3. The molecule has 0 bridgehead atoms. The lowest BCUT2D eigenvalue weighted by atomic mass is 10.2. The second-order valence-corrected chi connectivity index (χ2v) is 7.55. The number of benzene rings is 2. The van der Waals surface area contributed by atoms with Crippen molar-refractivity contribution >= 4 is 45.6 Å². The fourth-order valence-corrected chi connectivity index (χ4v) is 3.26. The highest BCUT2D eigenvalue weighted by Gasteiger charge is 2.15. The molecular formula is C23H21BrN4O6. The van der Waals surface area contributed by atoms with E-state index in [1.807, 2.05) is 18.2 Å². The lowest BCUT2D eigenvalue weighted by molar-refractivity contribution is -0.139. The number of nitrogens with one attached hydrogen (secondary N) is 3. The Labute approximate surface area is 203 Å². The van der Waals surface area contributed by atoms with E-state index < -0.39 is 11.8 Å². The molecule has 11 heteroatoms. The summed E-state index contributed by atoms with van der Waals surface area (Å²) in [7, 11) is 1.45. The fraction of sp³-hybridized carbons (Fsp3) is 0.130. The van der Waals surface area contributed by atoms with Gasteiger partial charge in [0.2, 0.25) is 0 Å². The maximum Gasteiger partial charge on any atom is 0.329 e. The molecule has 0 aliphatic heterocycles. The number of hydrazone groups is 1. The van der Waals surface area contributed by atoms with E-state index in [4.69, 9.17) is 13.9 Å².